The topological polar surface area (TPSA) is 30.9 Å². The molecule has 1 fully saturated rings. The first-order valence-electron chi connectivity index (χ1n) is 14.0. The maximum Gasteiger partial charge on any atom is 0.113 e. The van der Waals surface area contributed by atoms with Gasteiger partial charge in [0.2, 0.25) is 0 Å². The molecule has 0 saturated carbocycles. The Morgan fingerprint density at radius 3 is 1.44 bits per heavy atom. The van der Waals surface area contributed by atoms with Crippen molar-refractivity contribution < 1.29 is 14.2 Å². The normalized spacial score (nSPS) is 21.6. The number of hydrogen-bond acceptors (Lipinski definition) is 4. The number of piperidine rings is 1. The number of benzene rings is 4. The highest BCUT2D eigenvalue weighted by Gasteiger charge is 2.43. The summed E-state index contributed by atoms with van der Waals surface area (Å²) in [6.07, 6.45) is 0.527. The molecule has 0 unspecified atom stereocenters. The van der Waals surface area contributed by atoms with Crippen molar-refractivity contribution in [2.45, 2.75) is 57.5 Å². The van der Waals surface area contributed by atoms with E-state index < -0.39 is 0 Å². The first-order chi connectivity index (χ1) is 19.3. The lowest BCUT2D eigenvalue weighted by Crippen LogP contribution is -2.62. The maximum atomic E-state index is 6.70. The molecule has 0 bridgehead atoms. The molecule has 0 spiro atoms. The Labute approximate surface area is 233 Å². The van der Waals surface area contributed by atoms with E-state index in [0.29, 0.717) is 19.8 Å². The van der Waals surface area contributed by atoms with Gasteiger partial charge < -0.3 is 14.2 Å². The van der Waals surface area contributed by atoms with Crippen LogP contribution in [-0.2, 0) is 40.5 Å². The summed E-state index contributed by atoms with van der Waals surface area (Å²) in [6, 6.07) is 42.0. The molecule has 1 aliphatic rings. The summed E-state index contributed by atoms with van der Waals surface area (Å²) in [6.45, 7) is 5.62. The fourth-order valence-corrected chi connectivity index (χ4v) is 5.30. The van der Waals surface area contributed by atoms with Gasteiger partial charge in [0.05, 0.1) is 25.9 Å². The van der Waals surface area contributed by atoms with E-state index in [4.69, 9.17) is 14.2 Å². The average molecular weight is 522 g/mol. The van der Waals surface area contributed by atoms with Crippen LogP contribution in [0, 0.1) is 0 Å². The number of likely N-dealkylation sites (tertiary alicyclic amines) is 1. The Kier molecular flexibility index (Phi) is 9.94. The van der Waals surface area contributed by atoms with Crippen LogP contribution in [0.25, 0.3) is 0 Å². The van der Waals surface area contributed by atoms with Gasteiger partial charge in [0.1, 0.15) is 12.2 Å². The minimum atomic E-state index is -0.194. The van der Waals surface area contributed by atoms with Gasteiger partial charge in [-0.15, -0.1) is 0 Å². The highest BCUT2D eigenvalue weighted by atomic mass is 16.6. The quantitative estimate of drug-likeness (QED) is 0.208. The summed E-state index contributed by atoms with van der Waals surface area (Å²) >= 11 is 0. The molecule has 4 heteroatoms. The number of ether oxygens (including phenoxy) is 3. The lowest BCUT2D eigenvalue weighted by atomic mass is 9.93. The lowest BCUT2D eigenvalue weighted by molar-refractivity contribution is -0.200. The van der Waals surface area contributed by atoms with Crippen molar-refractivity contribution >= 4 is 0 Å². The van der Waals surface area contributed by atoms with Crippen molar-refractivity contribution in [2.75, 3.05) is 13.1 Å². The van der Waals surface area contributed by atoms with Gasteiger partial charge in [0.15, 0.2) is 0 Å². The highest BCUT2D eigenvalue weighted by Crippen LogP contribution is 2.28. The molecule has 1 saturated heterocycles. The molecule has 0 aromatic heterocycles. The first kappa shape index (κ1) is 27.3. The second-order valence-electron chi connectivity index (χ2n) is 10.3. The molecule has 5 rings (SSSR count). The van der Waals surface area contributed by atoms with Crippen LogP contribution in [0.5, 0.6) is 0 Å². The standard InChI is InChI=1S/C35H39NO3/c1-28-34(38-26-31-18-10-4-11-19-31)35(39-27-32-20-12-5-13-21-32)33(37-25-30-16-8-3-9-17-30)24-36(28)23-22-29-14-6-2-7-15-29/h2-21,28,33-35H,22-27H2,1H3/t28-,33+,34-,35-/m1/s1. The summed E-state index contributed by atoms with van der Waals surface area (Å²) in [7, 11) is 0. The molecule has 0 aliphatic carbocycles. The minimum absolute atomic E-state index is 0.123. The molecule has 4 atom stereocenters. The van der Waals surface area contributed by atoms with Crippen LogP contribution in [-0.4, -0.2) is 42.3 Å². The van der Waals surface area contributed by atoms with Gasteiger partial charge >= 0.3 is 0 Å². The molecular formula is C35H39NO3. The van der Waals surface area contributed by atoms with Crippen LogP contribution in [0.15, 0.2) is 121 Å². The van der Waals surface area contributed by atoms with E-state index in [0.717, 1.165) is 36.2 Å². The van der Waals surface area contributed by atoms with Gasteiger partial charge in [-0.2, -0.15) is 0 Å². The molecule has 4 aromatic carbocycles. The van der Waals surface area contributed by atoms with Crippen molar-refractivity contribution in [1.82, 2.24) is 4.90 Å². The van der Waals surface area contributed by atoms with Gasteiger partial charge in [0.25, 0.3) is 0 Å². The van der Waals surface area contributed by atoms with E-state index in [9.17, 15) is 0 Å². The number of nitrogens with zero attached hydrogens (tertiary/aromatic N) is 1. The zero-order valence-electron chi connectivity index (χ0n) is 22.8. The second-order valence-corrected chi connectivity index (χ2v) is 10.3. The van der Waals surface area contributed by atoms with Crippen LogP contribution < -0.4 is 0 Å². The van der Waals surface area contributed by atoms with Crippen LogP contribution >= 0.6 is 0 Å². The third-order valence-corrected chi connectivity index (χ3v) is 7.56. The fraction of sp³-hybridized carbons (Fsp3) is 0.314. The zero-order valence-corrected chi connectivity index (χ0v) is 22.8. The van der Waals surface area contributed by atoms with Crippen molar-refractivity contribution in [3.63, 3.8) is 0 Å². The van der Waals surface area contributed by atoms with Crippen LogP contribution in [0.3, 0.4) is 0 Å². The SMILES string of the molecule is C[C@@H]1[C@@H](OCc2ccccc2)[C@H](OCc2ccccc2)[C@@H](OCc2ccccc2)CN1CCc1ccccc1. The summed E-state index contributed by atoms with van der Waals surface area (Å²) in [5, 5.41) is 0. The van der Waals surface area contributed by atoms with Crippen molar-refractivity contribution in [3.8, 4) is 0 Å². The maximum absolute atomic E-state index is 6.70. The average Bonchev–Trinajstić information content (AvgIpc) is 3.00. The largest absolute Gasteiger partial charge is 0.369 e. The fourth-order valence-electron chi connectivity index (χ4n) is 5.30. The van der Waals surface area contributed by atoms with Gasteiger partial charge in [-0.1, -0.05) is 121 Å². The van der Waals surface area contributed by atoms with E-state index in [-0.39, 0.29) is 24.4 Å². The van der Waals surface area contributed by atoms with Crippen LogP contribution in [0.1, 0.15) is 29.2 Å². The molecule has 0 radical (unpaired) electrons. The van der Waals surface area contributed by atoms with Crippen LogP contribution in [0.2, 0.25) is 0 Å². The van der Waals surface area contributed by atoms with Gasteiger partial charge in [-0.25, -0.2) is 0 Å². The van der Waals surface area contributed by atoms with E-state index >= 15 is 0 Å². The Morgan fingerprint density at radius 1 is 0.538 bits per heavy atom. The predicted molar refractivity (Wildman–Crippen MR) is 156 cm³/mol. The lowest BCUT2D eigenvalue weighted by Gasteiger charge is -2.47. The van der Waals surface area contributed by atoms with E-state index in [1.165, 1.54) is 5.56 Å². The first-order valence-corrected chi connectivity index (χ1v) is 14.0. The molecular weight excluding hydrogens is 482 g/mol. The van der Waals surface area contributed by atoms with Crippen molar-refractivity contribution in [2.24, 2.45) is 0 Å². The van der Waals surface area contributed by atoms with Crippen molar-refractivity contribution in [1.29, 1.82) is 0 Å². The molecule has 0 N–H and O–H groups in total. The summed E-state index contributed by atoms with van der Waals surface area (Å²) in [5.74, 6) is 0. The van der Waals surface area contributed by atoms with E-state index in [2.05, 4.69) is 115 Å². The summed E-state index contributed by atoms with van der Waals surface area (Å²) < 4.78 is 20.0. The molecule has 39 heavy (non-hydrogen) atoms. The summed E-state index contributed by atoms with van der Waals surface area (Å²) in [5.41, 5.74) is 4.82. The third-order valence-electron chi connectivity index (χ3n) is 7.56. The number of hydrogen-bond donors (Lipinski definition) is 0. The van der Waals surface area contributed by atoms with E-state index in [1.54, 1.807) is 0 Å². The third kappa shape index (κ3) is 7.87. The zero-order chi connectivity index (χ0) is 26.7. The Hall–Kier alpha value is -3.28. The molecule has 202 valence electrons. The number of rotatable bonds is 12. The Bertz CT molecular complexity index is 1220. The van der Waals surface area contributed by atoms with E-state index in [1.807, 2.05) is 18.2 Å². The molecule has 4 nitrogen and oxygen atoms in total. The van der Waals surface area contributed by atoms with Crippen molar-refractivity contribution in [3.05, 3.63) is 144 Å². The van der Waals surface area contributed by atoms with Crippen LogP contribution in [0.4, 0.5) is 0 Å². The monoisotopic (exact) mass is 521 g/mol. The van der Waals surface area contributed by atoms with Gasteiger partial charge in [0, 0.05) is 19.1 Å². The Balaban J connectivity index is 1.37. The summed E-state index contributed by atoms with van der Waals surface area (Å²) in [4.78, 5) is 2.51. The molecule has 1 heterocycles. The Morgan fingerprint density at radius 2 is 0.949 bits per heavy atom. The smallest absolute Gasteiger partial charge is 0.113 e. The predicted octanol–water partition coefficient (Wildman–Crippen LogP) is 6.69. The highest BCUT2D eigenvalue weighted by molar-refractivity contribution is 5.17. The molecule has 0 amide bonds. The minimum Gasteiger partial charge on any atom is -0.369 e. The second kappa shape index (κ2) is 14.2. The van der Waals surface area contributed by atoms with Gasteiger partial charge in [-0.05, 0) is 35.6 Å². The molecule has 1 aliphatic heterocycles. The van der Waals surface area contributed by atoms with Gasteiger partial charge in [-0.3, -0.25) is 4.90 Å². The molecule has 4 aromatic rings.